The number of methoxy groups -OCH3 is 1. The number of piperidine rings is 1. The summed E-state index contributed by atoms with van der Waals surface area (Å²) < 4.78 is 10.0. The Bertz CT molecular complexity index is 827. The second kappa shape index (κ2) is 7.02. The number of carbonyl (C=O) groups excluding carboxylic acids is 2. The van der Waals surface area contributed by atoms with E-state index in [9.17, 15) is 9.59 Å². The van der Waals surface area contributed by atoms with Crippen LogP contribution in [0.25, 0.3) is 0 Å². The monoisotopic (exact) mass is 370 g/mol. The van der Waals surface area contributed by atoms with E-state index in [0.29, 0.717) is 26.1 Å². The smallest absolute Gasteiger partial charge is 0.292 e. The summed E-state index contributed by atoms with van der Waals surface area (Å²) in [5.41, 5.74) is 0.905. The molecule has 2 amide bonds. The van der Waals surface area contributed by atoms with Gasteiger partial charge in [0, 0.05) is 44.0 Å². The van der Waals surface area contributed by atoms with Crippen molar-refractivity contribution in [3.05, 3.63) is 41.9 Å². The highest BCUT2D eigenvalue weighted by Gasteiger charge is 2.47. The number of hydrogen-bond donors (Lipinski definition) is 0. The average Bonchev–Trinajstić information content (AvgIpc) is 3.30. The number of ether oxygens (including phenoxy) is 1. The standard InChI is InChI=1S/C19H22N4O4/c1-26-16-12-15(27-21-16)18(25)22-10-6-19(7-11-22)5-2-17(24)23(19)13-14-3-8-20-9-4-14/h3-4,8-9,12H,2,5-7,10-11,13H2,1H3. The average molecular weight is 370 g/mol. The molecule has 0 radical (unpaired) electrons. The highest BCUT2D eigenvalue weighted by Crippen LogP contribution is 2.40. The summed E-state index contributed by atoms with van der Waals surface area (Å²) in [5, 5.41) is 3.69. The lowest BCUT2D eigenvalue weighted by molar-refractivity contribution is -0.133. The van der Waals surface area contributed by atoms with Crippen LogP contribution in [0.1, 0.15) is 41.8 Å². The second-order valence-corrected chi connectivity index (χ2v) is 7.09. The van der Waals surface area contributed by atoms with E-state index in [1.165, 1.54) is 13.2 Å². The molecule has 0 unspecified atom stereocenters. The molecule has 0 saturated carbocycles. The summed E-state index contributed by atoms with van der Waals surface area (Å²) in [5.74, 6) is 0.466. The van der Waals surface area contributed by atoms with Gasteiger partial charge in [-0.3, -0.25) is 14.6 Å². The molecule has 0 aromatic carbocycles. The molecule has 4 heterocycles. The van der Waals surface area contributed by atoms with Crippen LogP contribution in [0.3, 0.4) is 0 Å². The number of aromatic nitrogens is 2. The van der Waals surface area contributed by atoms with E-state index < -0.39 is 0 Å². The second-order valence-electron chi connectivity index (χ2n) is 7.09. The van der Waals surface area contributed by atoms with Crippen LogP contribution in [0.4, 0.5) is 0 Å². The van der Waals surface area contributed by atoms with Crippen molar-refractivity contribution in [1.82, 2.24) is 19.9 Å². The number of rotatable bonds is 4. The minimum Gasteiger partial charge on any atom is -0.479 e. The Labute approximate surface area is 157 Å². The summed E-state index contributed by atoms with van der Waals surface area (Å²) in [6.07, 6.45) is 6.43. The molecule has 0 N–H and O–H groups in total. The first-order valence-corrected chi connectivity index (χ1v) is 9.11. The van der Waals surface area contributed by atoms with Crippen LogP contribution in [0.15, 0.2) is 35.1 Å². The normalized spacial score (nSPS) is 18.9. The SMILES string of the molecule is COc1cc(C(=O)N2CCC3(CCC(=O)N3Cc3ccncc3)CC2)on1. The highest BCUT2D eigenvalue weighted by atomic mass is 16.5. The van der Waals surface area contributed by atoms with Crippen LogP contribution in [-0.2, 0) is 11.3 Å². The minimum absolute atomic E-state index is 0.170. The van der Waals surface area contributed by atoms with Crippen molar-refractivity contribution < 1.29 is 18.8 Å². The van der Waals surface area contributed by atoms with E-state index in [-0.39, 0.29) is 29.0 Å². The van der Waals surface area contributed by atoms with Crippen LogP contribution >= 0.6 is 0 Å². The molecule has 2 aliphatic heterocycles. The summed E-state index contributed by atoms with van der Waals surface area (Å²) in [6, 6.07) is 5.38. The van der Waals surface area contributed by atoms with Gasteiger partial charge in [-0.15, -0.1) is 0 Å². The maximum atomic E-state index is 12.6. The quantitative estimate of drug-likeness (QED) is 0.816. The topological polar surface area (TPSA) is 88.8 Å². The predicted molar refractivity (Wildman–Crippen MR) is 94.9 cm³/mol. The molecule has 8 nitrogen and oxygen atoms in total. The van der Waals surface area contributed by atoms with Crippen molar-refractivity contribution >= 4 is 11.8 Å². The Morgan fingerprint density at radius 2 is 2.00 bits per heavy atom. The molecule has 2 aromatic heterocycles. The fourth-order valence-corrected chi connectivity index (χ4v) is 4.06. The molecule has 2 saturated heterocycles. The molecule has 4 rings (SSSR count). The minimum atomic E-state index is -0.189. The molecular weight excluding hydrogens is 348 g/mol. The van der Waals surface area contributed by atoms with E-state index in [0.717, 1.165) is 24.8 Å². The van der Waals surface area contributed by atoms with Gasteiger partial charge in [-0.1, -0.05) is 0 Å². The third kappa shape index (κ3) is 3.27. The van der Waals surface area contributed by atoms with Gasteiger partial charge in [0.15, 0.2) is 0 Å². The molecule has 0 atom stereocenters. The van der Waals surface area contributed by atoms with Crippen molar-refractivity contribution in [2.45, 2.75) is 37.8 Å². The lowest BCUT2D eigenvalue weighted by atomic mass is 9.84. The van der Waals surface area contributed by atoms with Crippen LogP contribution in [0.2, 0.25) is 0 Å². The highest BCUT2D eigenvalue weighted by molar-refractivity contribution is 5.91. The van der Waals surface area contributed by atoms with E-state index in [4.69, 9.17) is 9.26 Å². The first kappa shape index (κ1) is 17.5. The van der Waals surface area contributed by atoms with Crippen molar-refractivity contribution in [3.8, 4) is 5.88 Å². The molecule has 1 spiro atoms. The molecule has 0 aliphatic carbocycles. The Kier molecular flexibility index (Phi) is 4.55. The number of likely N-dealkylation sites (tertiary alicyclic amines) is 2. The lowest BCUT2D eigenvalue weighted by Gasteiger charge is -2.44. The molecule has 2 aromatic rings. The van der Waals surface area contributed by atoms with Gasteiger partial charge in [-0.05, 0) is 42.1 Å². The zero-order valence-electron chi connectivity index (χ0n) is 15.3. The molecule has 2 fully saturated rings. The number of carbonyl (C=O) groups is 2. The summed E-state index contributed by atoms with van der Waals surface area (Å²) in [4.78, 5) is 32.9. The van der Waals surface area contributed by atoms with Gasteiger partial charge in [0.1, 0.15) is 0 Å². The molecular formula is C19H22N4O4. The van der Waals surface area contributed by atoms with Crippen molar-refractivity contribution in [2.75, 3.05) is 20.2 Å². The Balaban J connectivity index is 1.45. The Morgan fingerprint density at radius 1 is 1.26 bits per heavy atom. The Morgan fingerprint density at radius 3 is 2.67 bits per heavy atom. The van der Waals surface area contributed by atoms with Gasteiger partial charge >= 0.3 is 0 Å². The van der Waals surface area contributed by atoms with Gasteiger partial charge in [0.05, 0.1) is 13.2 Å². The number of amides is 2. The van der Waals surface area contributed by atoms with Gasteiger partial charge in [0.2, 0.25) is 11.7 Å². The molecule has 27 heavy (non-hydrogen) atoms. The third-order valence-electron chi connectivity index (χ3n) is 5.66. The molecule has 2 aliphatic rings. The number of nitrogens with zero attached hydrogens (tertiary/aromatic N) is 4. The fourth-order valence-electron chi connectivity index (χ4n) is 4.06. The largest absolute Gasteiger partial charge is 0.479 e. The van der Waals surface area contributed by atoms with Crippen LogP contribution in [0.5, 0.6) is 5.88 Å². The van der Waals surface area contributed by atoms with Crippen LogP contribution in [-0.4, -0.2) is 57.5 Å². The van der Waals surface area contributed by atoms with E-state index in [1.54, 1.807) is 17.3 Å². The number of pyridine rings is 1. The molecule has 142 valence electrons. The van der Waals surface area contributed by atoms with Crippen molar-refractivity contribution in [3.63, 3.8) is 0 Å². The van der Waals surface area contributed by atoms with Gasteiger partial charge in [-0.2, -0.15) is 0 Å². The first-order chi connectivity index (χ1) is 13.1. The first-order valence-electron chi connectivity index (χ1n) is 9.11. The third-order valence-corrected chi connectivity index (χ3v) is 5.66. The van der Waals surface area contributed by atoms with E-state index in [1.807, 2.05) is 17.0 Å². The molecule has 0 bridgehead atoms. The van der Waals surface area contributed by atoms with Crippen molar-refractivity contribution in [1.29, 1.82) is 0 Å². The number of hydrogen-bond acceptors (Lipinski definition) is 6. The summed E-state index contributed by atoms with van der Waals surface area (Å²) in [6.45, 7) is 1.76. The van der Waals surface area contributed by atoms with Crippen molar-refractivity contribution in [2.24, 2.45) is 0 Å². The Hall–Kier alpha value is -2.90. The summed E-state index contributed by atoms with van der Waals surface area (Å²) >= 11 is 0. The lowest BCUT2D eigenvalue weighted by Crippen LogP contribution is -2.53. The van der Waals surface area contributed by atoms with E-state index in [2.05, 4.69) is 10.1 Å². The summed E-state index contributed by atoms with van der Waals surface area (Å²) in [7, 11) is 1.48. The maximum absolute atomic E-state index is 12.6. The van der Waals surface area contributed by atoms with E-state index >= 15 is 0 Å². The zero-order valence-corrected chi connectivity index (χ0v) is 15.3. The fraction of sp³-hybridized carbons (Fsp3) is 0.474. The predicted octanol–water partition coefficient (Wildman–Crippen LogP) is 1.88. The van der Waals surface area contributed by atoms with Gasteiger partial charge in [0.25, 0.3) is 11.8 Å². The van der Waals surface area contributed by atoms with Crippen LogP contribution < -0.4 is 4.74 Å². The maximum Gasteiger partial charge on any atom is 0.292 e. The zero-order chi connectivity index (χ0) is 18.9. The van der Waals surface area contributed by atoms with Crippen LogP contribution in [0, 0.1) is 0 Å². The van der Waals surface area contributed by atoms with Gasteiger partial charge < -0.3 is 19.1 Å². The van der Waals surface area contributed by atoms with Gasteiger partial charge in [-0.25, -0.2) is 0 Å². The molecule has 8 heteroatoms.